The molecular weight excluding hydrogens is 284 g/mol. The summed E-state index contributed by atoms with van der Waals surface area (Å²) in [6.07, 6.45) is 4.50. The number of rotatable bonds is 1. The Morgan fingerprint density at radius 3 is 2.50 bits per heavy atom. The first-order valence-electron chi connectivity index (χ1n) is 7.67. The van der Waals surface area contributed by atoms with Gasteiger partial charge in [0.2, 0.25) is 0 Å². The highest BCUT2D eigenvalue weighted by Crippen LogP contribution is 2.65. The van der Waals surface area contributed by atoms with Crippen molar-refractivity contribution in [2.45, 2.75) is 35.7 Å². The molecule has 5 rings (SSSR count). The summed E-state index contributed by atoms with van der Waals surface area (Å²) in [5, 5.41) is 0. The Morgan fingerprint density at radius 1 is 1.05 bits per heavy atom. The zero-order chi connectivity index (χ0) is 13.6. The molecule has 1 spiro atoms. The van der Waals surface area contributed by atoms with E-state index in [-0.39, 0.29) is 4.08 Å². The third-order valence-corrected chi connectivity index (χ3v) is 8.84. The summed E-state index contributed by atoms with van der Waals surface area (Å²) in [4.78, 5) is 12.5. The maximum Gasteiger partial charge on any atom is 0.138 e. The fourth-order valence-electron chi connectivity index (χ4n) is 4.41. The predicted molar refractivity (Wildman–Crippen MR) is 87.3 cm³/mol. The summed E-state index contributed by atoms with van der Waals surface area (Å²) < 4.78 is 0.151. The van der Waals surface area contributed by atoms with Crippen molar-refractivity contribution >= 4 is 29.3 Å². The molecule has 1 nitrogen and oxygen atoms in total. The van der Waals surface area contributed by atoms with E-state index in [1.807, 2.05) is 0 Å². The summed E-state index contributed by atoms with van der Waals surface area (Å²) >= 11 is 4.20. The highest BCUT2D eigenvalue weighted by atomic mass is 32.2. The molecule has 3 heteroatoms. The Morgan fingerprint density at radius 2 is 1.80 bits per heavy atom. The Bertz CT molecular complexity index is 507. The van der Waals surface area contributed by atoms with Crippen LogP contribution < -0.4 is 0 Å². The fraction of sp³-hybridized carbons (Fsp3) is 0.588. The van der Waals surface area contributed by atoms with Gasteiger partial charge in [-0.15, -0.1) is 23.5 Å². The van der Waals surface area contributed by atoms with Crippen LogP contribution in [0.15, 0.2) is 30.3 Å². The maximum atomic E-state index is 12.5. The molecule has 1 aliphatic heterocycles. The fourth-order valence-corrected chi connectivity index (χ4v) is 8.56. The van der Waals surface area contributed by atoms with E-state index in [1.165, 1.54) is 29.9 Å². The van der Waals surface area contributed by atoms with Gasteiger partial charge < -0.3 is 0 Å². The lowest BCUT2D eigenvalue weighted by Crippen LogP contribution is -2.54. The Kier molecular flexibility index (Phi) is 3.38. The predicted octanol–water partition coefficient (Wildman–Crippen LogP) is 4.34. The average molecular weight is 304 g/mol. The first kappa shape index (κ1) is 13.3. The lowest BCUT2D eigenvalue weighted by Gasteiger charge is -2.57. The average Bonchev–Trinajstić information content (AvgIpc) is 2.49. The molecule has 3 saturated carbocycles. The zero-order valence-electron chi connectivity index (χ0n) is 11.6. The quantitative estimate of drug-likeness (QED) is 0.768. The minimum atomic E-state index is 0.151. The lowest BCUT2D eigenvalue weighted by molar-refractivity contribution is -0.130. The molecule has 0 aromatic heterocycles. The van der Waals surface area contributed by atoms with E-state index >= 15 is 0 Å². The second kappa shape index (κ2) is 5.10. The van der Waals surface area contributed by atoms with E-state index < -0.39 is 0 Å². The second-order valence-corrected chi connectivity index (χ2v) is 9.22. The van der Waals surface area contributed by atoms with E-state index in [9.17, 15) is 4.79 Å². The number of hydrogen-bond acceptors (Lipinski definition) is 3. The molecule has 4 aliphatic rings. The van der Waals surface area contributed by atoms with E-state index in [4.69, 9.17) is 0 Å². The molecule has 3 unspecified atom stereocenters. The maximum absolute atomic E-state index is 12.5. The van der Waals surface area contributed by atoms with E-state index in [0.717, 1.165) is 12.8 Å². The van der Waals surface area contributed by atoms with Gasteiger partial charge in [0.05, 0.1) is 4.08 Å². The largest absolute Gasteiger partial charge is 0.299 e. The summed E-state index contributed by atoms with van der Waals surface area (Å²) in [5.41, 5.74) is 1.47. The van der Waals surface area contributed by atoms with Gasteiger partial charge >= 0.3 is 0 Å². The summed E-state index contributed by atoms with van der Waals surface area (Å²) in [5.74, 6) is 4.46. The first-order valence-corrected chi connectivity index (χ1v) is 9.64. The van der Waals surface area contributed by atoms with Crippen molar-refractivity contribution in [2.24, 2.45) is 11.8 Å². The van der Waals surface area contributed by atoms with Crippen LogP contribution in [0.1, 0.15) is 37.2 Å². The number of ketones is 1. The monoisotopic (exact) mass is 304 g/mol. The van der Waals surface area contributed by atoms with Gasteiger partial charge in [0, 0.05) is 18.3 Å². The van der Waals surface area contributed by atoms with Crippen LogP contribution in [0.2, 0.25) is 0 Å². The van der Waals surface area contributed by atoms with Crippen molar-refractivity contribution in [3.8, 4) is 0 Å². The molecule has 1 aromatic carbocycles. The Balaban J connectivity index is 1.80. The molecule has 0 radical (unpaired) electrons. The van der Waals surface area contributed by atoms with Crippen LogP contribution in [0.25, 0.3) is 0 Å². The number of thioether (sulfide) groups is 2. The van der Waals surface area contributed by atoms with Crippen LogP contribution in [-0.2, 0) is 4.79 Å². The van der Waals surface area contributed by atoms with Crippen LogP contribution in [0.4, 0.5) is 0 Å². The van der Waals surface area contributed by atoms with Gasteiger partial charge in [0.15, 0.2) is 0 Å². The van der Waals surface area contributed by atoms with E-state index in [0.29, 0.717) is 23.5 Å². The van der Waals surface area contributed by atoms with Gasteiger partial charge in [-0.05, 0) is 42.2 Å². The minimum absolute atomic E-state index is 0.151. The number of carbonyl (C=O) groups excluding carboxylic acids is 1. The van der Waals surface area contributed by atoms with Crippen LogP contribution >= 0.6 is 23.5 Å². The van der Waals surface area contributed by atoms with Crippen LogP contribution in [0.3, 0.4) is 0 Å². The molecule has 106 valence electrons. The van der Waals surface area contributed by atoms with Gasteiger partial charge in [-0.25, -0.2) is 0 Å². The number of carbonyl (C=O) groups is 1. The second-order valence-electron chi connectivity index (χ2n) is 6.22. The number of Topliss-reactive ketones (excluding diaryl/α,β-unsaturated/α-hetero) is 1. The van der Waals surface area contributed by atoms with Crippen LogP contribution in [0.5, 0.6) is 0 Å². The van der Waals surface area contributed by atoms with Gasteiger partial charge in [-0.2, -0.15) is 0 Å². The number of fused-ring (bicyclic) bond motifs is 2. The molecule has 4 fully saturated rings. The number of hydrogen-bond donors (Lipinski definition) is 0. The van der Waals surface area contributed by atoms with Crippen molar-refractivity contribution in [3.63, 3.8) is 0 Å². The minimum Gasteiger partial charge on any atom is -0.299 e. The smallest absolute Gasteiger partial charge is 0.138 e. The Labute approximate surface area is 129 Å². The molecule has 20 heavy (non-hydrogen) atoms. The summed E-state index contributed by atoms with van der Waals surface area (Å²) in [6, 6.07) is 11.0. The Hall–Kier alpha value is -0.410. The molecule has 2 bridgehead atoms. The van der Waals surface area contributed by atoms with Crippen molar-refractivity contribution in [3.05, 3.63) is 35.9 Å². The third-order valence-electron chi connectivity index (χ3n) is 5.17. The first-order chi connectivity index (χ1) is 9.81. The van der Waals surface area contributed by atoms with Crippen molar-refractivity contribution in [1.82, 2.24) is 0 Å². The topological polar surface area (TPSA) is 17.1 Å². The van der Waals surface area contributed by atoms with Crippen molar-refractivity contribution < 1.29 is 4.79 Å². The normalized spacial score (nSPS) is 35.4. The number of benzene rings is 1. The van der Waals surface area contributed by atoms with E-state index in [2.05, 4.69) is 53.9 Å². The molecular formula is C17H20OS2. The molecule has 1 aromatic rings. The van der Waals surface area contributed by atoms with Gasteiger partial charge in [0.1, 0.15) is 5.78 Å². The summed E-state index contributed by atoms with van der Waals surface area (Å²) in [7, 11) is 0. The summed E-state index contributed by atoms with van der Waals surface area (Å²) in [6.45, 7) is 0. The van der Waals surface area contributed by atoms with Gasteiger partial charge in [-0.1, -0.05) is 30.3 Å². The molecule has 1 heterocycles. The molecule has 0 N–H and O–H groups in total. The van der Waals surface area contributed by atoms with Gasteiger partial charge in [0.25, 0.3) is 0 Å². The molecule has 0 amide bonds. The van der Waals surface area contributed by atoms with E-state index in [1.54, 1.807) is 0 Å². The van der Waals surface area contributed by atoms with Crippen LogP contribution in [-0.4, -0.2) is 21.4 Å². The van der Waals surface area contributed by atoms with Crippen molar-refractivity contribution in [1.29, 1.82) is 0 Å². The molecule has 1 saturated heterocycles. The van der Waals surface area contributed by atoms with Gasteiger partial charge in [-0.3, -0.25) is 4.79 Å². The lowest BCUT2D eigenvalue weighted by atomic mass is 9.61. The van der Waals surface area contributed by atoms with Crippen LogP contribution in [0, 0.1) is 11.8 Å². The standard InChI is InChI=1S/C17H20OS2/c18-15-11-13-7-8-14(15)17(19-9-4-10-20-17)16(13)12-5-2-1-3-6-12/h1-3,5-6,13-14,16H,4,7-11H2. The zero-order valence-corrected chi connectivity index (χ0v) is 13.2. The molecule has 3 atom stereocenters. The van der Waals surface area contributed by atoms with Crippen molar-refractivity contribution in [2.75, 3.05) is 11.5 Å². The highest BCUT2D eigenvalue weighted by Gasteiger charge is 2.59. The SMILES string of the molecule is O=C1CC2CCC1C1(SCCCS1)C2c1ccccc1. The highest BCUT2D eigenvalue weighted by molar-refractivity contribution is 8.18. The third kappa shape index (κ3) is 1.89. The molecule has 3 aliphatic carbocycles.